The van der Waals surface area contributed by atoms with Crippen molar-refractivity contribution in [3.63, 3.8) is 0 Å². The lowest BCUT2D eigenvalue weighted by molar-refractivity contribution is 0.198. The van der Waals surface area contributed by atoms with Gasteiger partial charge in [-0.05, 0) is 20.8 Å². The molecular formula is C13H19ClN4O2. The Morgan fingerprint density at radius 3 is 2.60 bits per heavy atom. The van der Waals surface area contributed by atoms with Crippen molar-refractivity contribution in [1.82, 2.24) is 19.6 Å². The molecule has 0 radical (unpaired) electrons. The van der Waals surface area contributed by atoms with Gasteiger partial charge in [0.15, 0.2) is 0 Å². The molecule has 2 heterocycles. The van der Waals surface area contributed by atoms with Gasteiger partial charge in [0.1, 0.15) is 6.10 Å². The number of methoxy groups -OCH3 is 1. The Balaban J connectivity index is 2.57. The van der Waals surface area contributed by atoms with Crippen molar-refractivity contribution in [3.8, 4) is 5.88 Å². The maximum Gasteiger partial charge on any atom is 0.217 e. The highest BCUT2D eigenvalue weighted by Gasteiger charge is 2.28. The Morgan fingerprint density at radius 2 is 2.05 bits per heavy atom. The van der Waals surface area contributed by atoms with E-state index >= 15 is 0 Å². The van der Waals surface area contributed by atoms with Crippen molar-refractivity contribution in [2.24, 2.45) is 7.05 Å². The maximum atomic E-state index is 10.7. The average Bonchev–Trinajstić information content (AvgIpc) is 2.88. The number of ether oxygens (including phenoxy) is 1. The summed E-state index contributed by atoms with van der Waals surface area (Å²) >= 11 is 6.18. The number of aromatic nitrogens is 4. The molecular weight excluding hydrogens is 280 g/mol. The molecule has 7 heteroatoms. The number of hydrogen-bond acceptors (Lipinski definition) is 4. The van der Waals surface area contributed by atoms with E-state index in [1.807, 2.05) is 20.8 Å². The minimum atomic E-state index is -0.934. The third-order valence-corrected chi connectivity index (χ3v) is 3.51. The first kappa shape index (κ1) is 14.9. The molecule has 0 bridgehead atoms. The fourth-order valence-corrected chi connectivity index (χ4v) is 2.60. The Bertz CT molecular complexity index is 618. The number of halogens is 1. The third-order valence-electron chi connectivity index (χ3n) is 3.22. The maximum absolute atomic E-state index is 10.7. The van der Waals surface area contributed by atoms with Crippen LogP contribution in [0.4, 0.5) is 0 Å². The van der Waals surface area contributed by atoms with E-state index in [1.165, 1.54) is 6.20 Å². The molecule has 6 nitrogen and oxygen atoms in total. The van der Waals surface area contributed by atoms with Crippen molar-refractivity contribution in [3.05, 3.63) is 28.2 Å². The van der Waals surface area contributed by atoms with Crippen LogP contribution in [0.25, 0.3) is 0 Å². The van der Waals surface area contributed by atoms with E-state index in [0.29, 0.717) is 27.9 Å². The number of aliphatic hydroxyl groups is 1. The summed E-state index contributed by atoms with van der Waals surface area (Å²) in [5.41, 5.74) is 1.86. The second-order valence-electron chi connectivity index (χ2n) is 4.95. The van der Waals surface area contributed by atoms with Crippen molar-refractivity contribution in [2.45, 2.75) is 32.9 Å². The predicted molar refractivity (Wildman–Crippen MR) is 76.2 cm³/mol. The van der Waals surface area contributed by atoms with Crippen LogP contribution in [0.1, 0.15) is 42.9 Å². The molecule has 2 rings (SSSR count). The van der Waals surface area contributed by atoms with E-state index in [4.69, 9.17) is 16.3 Å². The van der Waals surface area contributed by atoms with Crippen molar-refractivity contribution >= 4 is 11.6 Å². The molecule has 1 unspecified atom stereocenters. The van der Waals surface area contributed by atoms with E-state index in [2.05, 4.69) is 10.2 Å². The number of aryl methyl sites for hydroxylation is 2. The SMILES string of the molecule is COc1c(C(O)c2c(Cl)cnn2C(C)C)c(C)nn1C. The Kier molecular flexibility index (Phi) is 4.06. The van der Waals surface area contributed by atoms with Gasteiger partial charge in [0.2, 0.25) is 5.88 Å². The predicted octanol–water partition coefficient (Wildman–Crippen LogP) is 2.25. The minimum absolute atomic E-state index is 0.0927. The minimum Gasteiger partial charge on any atom is -0.481 e. The smallest absolute Gasteiger partial charge is 0.217 e. The van der Waals surface area contributed by atoms with Crippen LogP contribution in [-0.4, -0.2) is 31.8 Å². The molecule has 0 amide bonds. The Morgan fingerprint density at radius 1 is 1.40 bits per heavy atom. The van der Waals surface area contributed by atoms with Gasteiger partial charge in [-0.15, -0.1) is 0 Å². The largest absolute Gasteiger partial charge is 0.481 e. The molecule has 2 aromatic heterocycles. The molecule has 110 valence electrons. The summed E-state index contributed by atoms with van der Waals surface area (Å²) in [7, 11) is 3.32. The highest BCUT2D eigenvalue weighted by atomic mass is 35.5. The highest BCUT2D eigenvalue weighted by molar-refractivity contribution is 6.31. The van der Waals surface area contributed by atoms with Crippen molar-refractivity contribution in [2.75, 3.05) is 7.11 Å². The summed E-state index contributed by atoms with van der Waals surface area (Å²) in [6, 6.07) is 0.0927. The first-order valence-electron chi connectivity index (χ1n) is 6.36. The van der Waals surface area contributed by atoms with Crippen LogP contribution >= 0.6 is 11.6 Å². The number of aliphatic hydroxyl groups excluding tert-OH is 1. The highest BCUT2D eigenvalue weighted by Crippen LogP contribution is 2.36. The summed E-state index contributed by atoms with van der Waals surface area (Å²) in [5.74, 6) is 0.516. The van der Waals surface area contributed by atoms with Crippen molar-refractivity contribution < 1.29 is 9.84 Å². The van der Waals surface area contributed by atoms with Gasteiger partial charge in [-0.2, -0.15) is 10.2 Å². The monoisotopic (exact) mass is 298 g/mol. The van der Waals surface area contributed by atoms with Gasteiger partial charge in [-0.25, -0.2) is 4.68 Å². The quantitative estimate of drug-likeness (QED) is 0.940. The zero-order chi connectivity index (χ0) is 15.0. The molecule has 0 aliphatic carbocycles. The van der Waals surface area contributed by atoms with Crippen LogP contribution in [0.15, 0.2) is 6.20 Å². The van der Waals surface area contributed by atoms with E-state index in [1.54, 1.807) is 23.5 Å². The van der Waals surface area contributed by atoms with Gasteiger partial charge in [0.05, 0.1) is 35.3 Å². The Labute approximate surface area is 122 Å². The summed E-state index contributed by atoms with van der Waals surface area (Å²) in [5, 5.41) is 19.6. The molecule has 0 fully saturated rings. The number of nitrogens with zero attached hydrogens (tertiary/aromatic N) is 4. The Hall–Kier alpha value is -1.53. The molecule has 2 aromatic rings. The van der Waals surface area contributed by atoms with Crippen LogP contribution in [-0.2, 0) is 7.05 Å². The van der Waals surface area contributed by atoms with E-state index in [9.17, 15) is 5.11 Å². The lowest BCUT2D eigenvalue weighted by Gasteiger charge is -2.17. The van der Waals surface area contributed by atoms with Gasteiger partial charge in [-0.1, -0.05) is 11.6 Å². The van der Waals surface area contributed by atoms with Crippen LogP contribution < -0.4 is 4.74 Å². The lowest BCUT2D eigenvalue weighted by Crippen LogP contribution is -2.13. The second kappa shape index (κ2) is 5.46. The van der Waals surface area contributed by atoms with Crippen LogP contribution in [0.2, 0.25) is 5.02 Å². The fraction of sp³-hybridized carbons (Fsp3) is 0.538. The van der Waals surface area contributed by atoms with Gasteiger partial charge in [-0.3, -0.25) is 4.68 Å². The molecule has 0 saturated carbocycles. The summed E-state index contributed by atoms with van der Waals surface area (Å²) < 4.78 is 8.63. The van der Waals surface area contributed by atoms with Gasteiger partial charge < -0.3 is 9.84 Å². The first-order valence-corrected chi connectivity index (χ1v) is 6.74. The molecule has 20 heavy (non-hydrogen) atoms. The molecule has 0 aromatic carbocycles. The summed E-state index contributed by atoms with van der Waals surface area (Å²) in [4.78, 5) is 0. The lowest BCUT2D eigenvalue weighted by atomic mass is 10.1. The normalized spacial score (nSPS) is 13.0. The van der Waals surface area contributed by atoms with Crippen LogP contribution in [0.3, 0.4) is 0 Å². The number of rotatable bonds is 4. The van der Waals surface area contributed by atoms with Gasteiger partial charge in [0.25, 0.3) is 0 Å². The summed E-state index contributed by atoms with van der Waals surface area (Å²) in [6.45, 7) is 5.78. The fourth-order valence-electron chi connectivity index (χ4n) is 2.37. The topological polar surface area (TPSA) is 65.1 Å². The second-order valence-corrected chi connectivity index (χ2v) is 5.36. The molecule has 0 spiro atoms. The van der Waals surface area contributed by atoms with E-state index in [-0.39, 0.29) is 6.04 Å². The van der Waals surface area contributed by atoms with Crippen molar-refractivity contribution in [1.29, 1.82) is 0 Å². The molecule has 1 N–H and O–H groups in total. The first-order chi connectivity index (χ1) is 9.38. The van der Waals surface area contributed by atoms with E-state index in [0.717, 1.165) is 0 Å². The summed E-state index contributed by atoms with van der Waals surface area (Å²) in [6.07, 6.45) is 0.606. The standard InChI is InChI=1S/C13H19ClN4O2/c1-7(2)18-11(9(14)6-15-18)12(19)10-8(3)16-17(4)13(10)20-5/h6-7,12,19H,1-5H3. The molecule has 0 aliphatic rings. The zero-order valence-corrected chi connectivity index (χ0v) is 13.0. The zero-order valence-electron chi connectivity index (χ0n) is 12.3. The average molecular weight is 299 g/mol. The van der Waals surface area contributed by atoms with Crippen LogP contribution in [0, 0.1) is 6.92 Å². The number of hydrogen-bond donors (Lipinski definition) is 1. The van der Waals surface area contributed by atoms with Crippen LogP contribution in [0.5, 0.6) is 5.88 Å². The molecule has 0 aliphatic heterocycles. The van der Waals surface area contributed by atoms with Gasteiger partial charge in [0, 0.05) is 13.1 Å². The molecule has 1 atom stereocenters. The molecule has 0 saturated heterocycles. The van der Waals surface area contributed by atoms with E-state index < -0.39 is 6.10 Å². The third kappa shape index (κ3) is 2.29. The van der Waals surface area contributed by atoms with Gasteiger partial charge >= 0.3 is 0 Å².